The lowest BCUT2D eigenvalue weighted by Crippen LogP contribution is -2.22. The van der Waals surface area contributed by atoms with E-state index in [1.807, 2.05) is 19.2 Å². The van der Waals surface area contributed by atoms with Gasteiger partial charge in [0.15, 0.2) is 0 Å². The number of aryl methyl sites for hydroxylation is 1. The van der Waals surface area contributed by atoms with Gasteiger partial charge in [-0.3, -0.25) is 0 Å². The minimum Gasteiger partial charge on any atom is -0.365 e. The number of nitrogens with two attached hydrogens (primary N) is 1. The first-order chi connectivity index (χ1) is 9.78. The summed E-state index contributed by atoms with van der Waals surface area (Å²) in [7, 11) is 0. The van der Waals surface area contributed by atoms with E-state index in [1.165, 1.54) is 11.3 Å². The van der Waals surface area contributed by atoms with E-state index in [1.54, 1.807) is 0 Å². The summed E-state index contributed by atoms with van der Waals surface area (Å²) >= 11 is 0. The first kappa shape index (κ1) is 13.1. The number of hydrogen-bond acceptors (Lipinski definition) is 4. The molecule has 0 bridgehead atoms. The molecule has 2 heterocycles. The maximum atomic E-state index is 5.74. The van der Waals surface area contributed by atoms with Gasteiger partial charge in [-0.15, -0.1) is 0 Å². The van der Waals surface area contributed by atoms with Crippen molar-refractivity contribution in [1.29, 1.82) is 0 Å². The molecular weight excluding hydrogens is 248 g/mol. The number of aromatic nitrogens is 2. The third-order valence-electron chi connectivity index (χ3n) is 3.86. The highest BCUT2D eigenvalue weighted by Crippen LogP contribution is 2.38. The number of anilines is 1. The summed E-state index contributed by atoms with van der Waals surface area (Å²) in [5.74, 6) is 1.37. The van der Waals surface area contributed by atoms with Crippen LogP contribution in [0.5, 0.6) is 0 Å². The molecule has 0 saturated carbocycles. The molecule has 0 fully saturated rings. The van der Waals surface area contributed by atoms with Gasteiger partial charge in [0.05, 0.1) is 12.2 Å². The van der Waals surface area contributed by atoms with Crippen molar-refractivity contribution < 1.29 is 0 Å². The predicted molar refractivity (Wildman–Crippen MR) is 80.7 cm³/mol. The first-order valence-corrected chi connectivity index (χ1v) is 7.10. The minimum atomic E-state index is 0.541. The van der Waals surface area contributed by atoms with Gasteiger partial charge in [0.25, 0.3) is 0 Å². The summed E-state index contributed by atoms with van der Waals surface area (Å²) in [6.07, 6.45) is 2.87. The Morgan fingerprint density at radius 3 is 2.95 bits per heavy atom. The zero-order valence-electron chi connectivity index (χ0n) is 11.8. The Labute approximate surface area is 119 Å². The molecule has 1 aromatic carbocycles. The molecule has 2 N–H and O–H groups in total. The molecule has 0 saturated heterocycles. The van der Waals surface area contributed by atoms with E-state index in [2.05, 4.69) is 39.1 Å². The van der Waals surface area contributed by atoms with Gasteiger partial charge in [0.2, 0.25) is 0 Å². The smallest absolute Gasteiger partial charge is 0.125 e. The van der Waals surface area contributed by atoms with E-state index >= 15 is 0 Å². The Morgan fingerprint density at radius 1 is 1.30 bits per heavy atom. The van der Waals surface area contributed by atoms with Crippen LogP contribution in [0.25, 0.3) is 0 Å². The zero-order valence-corrected chi connectivity index (χ0v) is 11.8. The molecule has 104 valence electrons. The lowest BCUT2D eigenvalue weighted by Gasteiger charge is -2.19. The van der Waals surface area contributed by atoms with E-state index < -0.39 is 0 Å². The van der Waals surface area contributed by atoms with Crippen molar-refractivity contribution in [2.24, 2.45) is 5.73 Å². The van der Waals surface area contributed by atoms with Gasteiger partial charge in [0, 0.05) is 24.3 Å². The zero-order chi connectivity index (χ0) is 13.9. The van der Waals surface area contributed by atoms with Crippen LogP contribution in [0.1, 0.15) is 29.4 Å². The van der Waals surface area contributed by atoms with Gasteiger partial charge in [-0.2, -0.15) is 0 Å². The number of benzene rings is 1. The molecule has 0 radical (unpaired) electrons. The van der Waals surface area contributed by atoms with Crippen LogP contribution in [0, 0.1) is 6.92 Å². The van der Waals surface area contributed by atoms with Crippen molar-refractivity contribution in [1.82, 2.24) is 9.97 Å². The summed E-state index contributed by atoms with van der Waals surface area (Å²) in [5, 5.41) is 0. The molecule has 1 aliphatic heterocycles. The van der Waals surface area contributed by atoms with Crippen molar-refractivity contribution in [3.05, 3.63) is 53.6 Å². The second-order valence-electron chi connectivity index (χ2n) is 5.31. The molecule has 1 unspecified atom stereocenters. The SMILES string of the molecule is Cc1nccc(CN2CC(CCN)c3ccccc32)n1. The molecule has 1 aromatic heterocycles. The number of hydrogen-bond donors (Lipinski definition) is 1. The van der Waals surface area contributed by atoms with Crippen LogP contribution < -0.4 is 10.6 Å². The maximum Gasteiger partial charge on any atom is 0.125 e. The summed E-state index contributed by atoms with van der Waals surface area (Å²) in [5.41, 5.74) is 9.56. The fourth-order valence-electron chi connectivity index (χ4n) is 2.97. The molecule has 0 spiro atoms. The number of rotatable bonds is 4. The third-order valence-corrected chi connectivity index (χ3v) is 3.86. The quantitative estimate of drug-likeness (QED) is 0.924. The van der Waals surface area contributed by atoms with Crippen LogP contribution in [0.2, 0.25) is 0 Å². The second-order valence-corrected chi connectivity index (χ2v) is 5.31. The highest BCUT2D eigenvalue weighted by molar-refractivity contribution is 5.60. The summed E-state index contributed by atoms with van der Waals surface area (Å²) in [6.45, 7) is 4.53. The monoisotopic (exact) mass is 268 g/mol. The van der Waals surface area contributed by atoms with Crippen LogP contribution >= 0.6 is 0 Å². The molecule has 1 atom stereocenters. The normalized spacial score (nSPS) is 17.3. The largest absolute Gasteiger partial charge is 0.365 e. The summed E-state index contributed by atoms with van der Waals surface area (Å²) < 4.78 is 0. The van der Waals surface area contributed by atoms with E-state index in [0.29, 0.717) is 5.92 Å². The predicted octanol–water partition coefficient (Wildman–Crippen LogP) is 2.24. The second kappa shape index (κ2) is 5.59. The molecule has 0 amide bonds. The fraction of sp³-hybridized carbons (Fsp3) is 0.375. The van der Waals surface area contributed by atoms with Crippen LogP contribution in [0.15, 0.2) is 36.5 Å². The maximum absolute atomic E-state index is 5.74. The van der Waals surface area contributed by atoms with Crippen LogP contribution in [-0.2, 0) is 6.54 Å². The number of para-hydroxylation sites is 1. The molecule has 2 aromatic rings. The fourth-order valence-corrected chi connectivity index (χ4v) is 2.97. The summed E-state index contributed by atoms with van der Waals surface area (Å²) in [4.78, 5) is 11.1. The highest BCUT2D eigenvalue weighted by atomic mass is 15.2. The van der Waals surface area contributed by atoms with Crippen LogP contribution in [-0.4, -0.2) is 23.1 Å². The highest BCUT2D eigenvalue weighted by Gasteiger charge is 2.27. The topological polar surface area (TPSA) is 55.0 Å². The molecule has 0 aliphatic carbocycles. The van der Waals surface area contributed by atoms with E-state index in [0.717, 1.165) is 37.6 Å². The van der Waals surface area contributed by atoms with Gasteiger partial charge in [-0.1, -0.05) is 18.2 Å². The third kappa shape index (κ3) is 2.51. The van der Waals surface area contributed by atoms with Gasteiger partial charge in [0.1, 0.15) is 5.82 Å². The van der Waals surface area contributed by atoms with Crippen molar-refractivity contribution in [3.8, 4) is 0 Å². The minimum absolute atomic E-state index is 0.541. The summed E-state index contributed by atoms with van der Waals surface area (Å²) in [6, 6.07) is 10.6. The Hall–Kier alpha value is -1.94. The lowest BCUT2D eigenvalue weighted by molar-refractivity contribution is 0.641. The molecule has 3 rings (SSSR count). The Bertz CT molecular complexity index is 597. The number of nitrogens with zero attached hydrogens (tertiary/aromatic N) is 3. The van der Waals surface area contributed by atoms with Crippen molar-refractivity contribution in [3.63, 3.8) is 0 Å². The molecule has 20 heavy (non-hydrogen) atoms. The van der Waals surface area contributed by atoms with E-state index in [9.17, 15) is 0 Å². The standard InChI is InChI=1S/C16H20N4/c1-12-18-9-7-14(19-12)11-20-10-13(6-8-17)15-4-2-3-5-16(15)20/h2-5,7,9,13H,6,8,10-11,17H2,1H3. The number of fused-ring (bicyclic) bond motifs is 1. The van der Waals surface area contributed by atoms with Gasteiger partial charge >= 0.3 is 0 Å². The Balaban J connectivity index is 1.85. The molecular formula is C16H20N4. The molecule has 4 heteroatoms. The Morgan fingerprint density at radius 2 is 2.15 bits per heavy atom. The average molecular weight is 268 g/mol. The van der Waals surface area contributed by atoms with E-state index in [4.69, 9.17) is 5.73 Å². The van der Waals surface area contributed by atoms with Gasteiger partial charge < -0.3 is 10.6 Å². The van der Waals surface area contributed by atoms with Crippen molar-refractivity contribution >= 4 is 5.69 Å². The van der Waals surface area contributed by atoms with Crippen LogP contribution in [0.3, 0.4) is 0 Å². The van der Waals surface area contributed by atoms with Crippen LogP contribution in [0.4, 0.5) is 5.69 Å². The van der Waals surface area contributed by atoms with Gasteiger partial charge in [-0.05, 0) is 37.6 Å². The lowest BCUT2D eigenvalue weighted by atomic mass is 9.98. The van der Waals surface area contributed by atoms with E-state index in [-0.39, 0.29) is 0 Å². The Kier molecular flexibility index (Phi) is 3.65. The average Bonchev–Trinajstić information content (AvgIpc) is 2.78. The van der Waals surface area contributed by atoms with Crippen molar-refractivity contribution in [2.45, 2.75) is 25.8 Å². The van der Waals surface area contributed by atoms with Crippen molar-refractivity contribution in [2.75, 3.05) is 18.0 Å². The molecule has 4 nitrogen and oxygen atoms in total. The molecule has 1 aliphatic rings. The van der Waals surface area contributed by atoms with Gasteiger partial charge in [-0.25, -0.2) is 9.97 Å². The first-order valence-electron chi connectivity index (χ1n) is 7.10.